The number of fused-ring (bicyclic) bond motifs is 6. The fourth-order valence-corrected chi connectivity index (χ4v) is 8.76. The number of nitrogens with zero attached hydrogens (tertiary/aromatic N) is 1. The Balaban J connectivity index is 1.17. The number of nitrogens with one attached hydrogen (secondary N) is 2. The molecular weight excluding hydrogens is 703 g/mol. The normalized spacial score (nSPS) is 11.4. The van der Waals surface area contributed by atoms with Crippen LogP contribution < -0.4 is 0 Å². The van der Waals surface area contributed by atoms with Crippen molar-refractivity contribution < 1.29 is 0 Å². The Morgan fingerprint density at radius 2 is 0.655 bits per heavy atom. The summed E-state index contributed by atoms with van der Waals surface area (Å²) in [6.07, 6.45) is 0. The van der Waals surface area contributed by atoms with Crippen LogP contribution in [0.3, 0.4) is 0 Å². The Morgan fingerprint density at radius 1 is 0.293 bits per heavy atom. The van der Waals surface area contributed by atoms with Crippen LogP contribution in [0.1, 0.15) is 5.56 Å². The molecule has 11 rings (SSSR count). The van der Waals surface area contributed by atoms with Crippen LogP contribution in [0.4, 0.5) is 0 Å². The van der Waals surface area contributed by atoms with E-state index in [1.165, 1.54) is 11.1 Å². The number of hydrogen-bond acceptors (Lipinski definition) is 1. The van der Waals surface area contributed by atoms with Gasteiger partial charge in [0.15, 0.2) is 0 Å². The van der Waals surface area contributed by atoms with Crippen molar-refractivity contribution >= 4 is 43.6 Å². The van der Waals surface area contributed by atoms with Gasteiger partial charge in [-0.1, -0.05) is 152 Å². The van der Waals surface area contributed by atoms with Gasteiger partial charge < -0.3 is 9.97 Å². The molecule has 0 spiro atoms. The van der Waals surface area contributed by atoms with E-state index in [-0.39, 0.29) is 0 Å². The first-order valence-electron chi connectivity index (χ1n) is 19.6. The minimum absolute atomic E-state index is 0.632. The summed E-state index contributed by atoms with van der Waals surface area (Å²) in [4.78, 5) is 7.59. The topological polar surface area (TPSA) is 55.4 Å². The van der Waals surface area contributed by atoms with Gasteiger partial charge >= 0.3 is 0 Å². The molecule has 11 aromatic rings. The summed E-state index contributed by atoms with van der Waals surface area (Å²) in [7, 11) is 0. The van der Waals surface area contributed by atoms with Crippen LogP contribution in [-0.4, -0.2) is 9.97 Å². The maximum atomic E-state index is 11.3. The Kier molecular flexibility index (Phi) is 7.88. The summed E-state index contributed by atoms with van der Waals surface area (Å²) < 4.78 is 0. The molecule has 0 aliphatic rings. The highest BCUT2D eigenvalue weighted by Gasteiger charge is 2.21. The second-order valence-corrected chi connectivity index (χ2v) is 15.0. The largest absolute Gasteiger partial charge is 0.354 e. The lowest BCUT2D eigenvalue weighted by Crippen LogP contribution is -1.93. The van der Waals surface area contributed by atoms with Gasteiger partial charge in [-0.3, -0.25) is 0 Å². The third-order valence-corrected chi connectivity index (χ3v) is 11.6. The van der Waals surface area contributed by atoms with E-state index in [9.17, 15) is 5.26 Å². The second kappa shape index (κ2) is 13.7. The quantitative estimate of drug-likeness (QED) is 0.175. The Morgan fingerprint density at radius 3 is 1.03 bits per heavy atom. The molecule has 3 heteroatoms. The summed E-state index contributed by atoms with van der Waals surface area (Å²) in [5, 5.41) is 15.8. The van der Waals surface area contributed by atoms with E-state index in [1.54, 1.807) is 0 Å². The molecular formula is C55H35N3. The molecule has 0 fully saturated rings. The van der Waals surface area contributed by atoms with Crippen LogP contribution >= 0.6 is 0 Å². The lowest BCUT2D eigenvalue weighted by molar-refractivity contribution is 1.46. The Hall–Kier alpha value is -7.93. The average molecular weight is 738 g/mol. The minimum atomic E-state index is 0.632. The number of benzene rings is 9. The van der Waals surface area contributed by atoms with Crippen LogP contribution in [0, 0.1) is 11.3 Å². The minimum Gasteiger partial charge on any atom is -0.354 e. The SMILES string of the molecule is N#Cc1c(-c2cc(-c3ccccc3)cc3c2[nH]c2ccc(-c4ccccc4)cc23)cccc1-c1cc(-c2ccccc2)cc2c1[nH]c1ccc(-c3ccccc3)cc12. The van der Waals surface area contributed by atoms with Crippen molar-refractivity contribution in [2.24, 2.45) is 0 Å². The molecule has 2 heterocycles. The highest BCUT2D eigenvalue weighted by molar-refractivity contribution is 6.17. The van der Waals surface area contributed by atoms with Gasteiger partial charge in [-0.15, -0.1) is 0 Å². The third-order valence-electron chi connectivity index (χ3n) is 11.6. The number of aromatic amines is 2. The molecule has 9 aromatic carbocycles. The molecule has 2 N–H and O–H groups in total. The number of hydrogen-bond donors (Lipinski definition) is 2. The van der Waals surface area contributed by atoms with E-state index in [2.05, 4.69) is 216 Å². The number of aromatic nitrogens is 2. The summed E-state index contributed by atoms with van der Waals surface area (Å²) in [6, 6.07) is 73.4. The summed E-state index contributed by atoms with van der Waals surface area (Å²) in [5.74, 6) is 0. The standard InChI is InChI=1S/C55H35N3/c56-34-51-43(47-30-41(37-18-9-3-10-19-37)32-49-45-28-39(35-14-5-1-6-15-35)24-26-52(45)57-54(47)49)22-13-23-44(51)48-31-42(38-20-11-4-12-21-38)33-50-46-29-40(36-16-7-2-8-17-36)25-27-53(46)58-55(48)50/h1-33,57-58H. The van der Waals surface area contributed by atoms with Crippen molar-refractivity contribution in [1.29, 1.82) is 5.26 Å². The summed E-state index contributed by atoms with van der Waals surface area (Å²) >= 11 is 0. The van der Waals surface area contributed by atoms with Crippen LogP contribution in [0.25, 0.3) is 110 Å². The monoisotopic (exact) mass is 737 g/mol. The molecule has 3 nitrogen and oxygen atoms in total. The van der Waals surface area contributed by atoms with Gasteiger partial charge in [-0.05, 0) is 93.0 Å². The summed E-state index contributed by atoms with van der Waals surface area (Å²) in [6.45, 7) is 0. The zero-order chi connectivity index (χ0) is 38.6. The first kappa shape index (κ1) is 33.4. The molecule has 0 saturated carbocycles. The lowest BCUT2D eigenvalue weighted by Gasteiger charge is -2.15. The van der Waals surface area contributed by atoms with E-state index in [4.69, 9.17) is 0 Å². The van der Waals surface area contributed by atoms with Crippen molar-refractivity contribution in [3.8, 4) is 72.8 Å². The predicted octanol–water partition coefficient (Wildman–Crippen LogP) is 14.8. The number of nitriles is 1. The number of H-pyrrole nitrogens is 2. The molecule has 270 valence electrons. The highest BCUT2D eigenvalue weighted by Crippen LogP contribution is 2.44. The lowest BCUT2D eigenvalue weighted by atomic mass is 9.88. The smallest absolute Gasteiger partial charge is 0.100 e. The summed E-state index contributed by atoms with van der Waals surface area (Å²) in [5.41, 5.74) is 17.7. The number of rotatable bonds is 6. The van der Waals surface area contributed by atoms with Crippen LogP contribution in [0.15, 0.2) is 200 Å². The zero-order valence-electron chi connectivity index (χ0n) is 31.5. The molecule has 0 atom stereocenters. The molecule has 0 aliphatic heterocycles. The van der Waals surface area contributed by atoms with Crippen molar-refractivity contribution in [3.05, 3.63) is 206 Å². The van der Waals surface area contributed by atoms with Crippen molar-refractivity contribution in [1.82, 2.24) is 9.97 Å². The van der Waals surface area contributed by atoms with Crippen molar-refractivity contribution in [3.63, 3.8) is 0 Å². The average Bonchev–Trinajstić information content (AvgIpc) is 3.87. The van der Waals surface area contributed by atoms with E-state index in [1.807, 2.05) is 0 Å². The van der Waals surface area contributed by atoms with Gasteiger partial charge in [0.1, 0.15) is 6.07 Å². The second-order valence-electron chi connectivity index (χ2n) is 15.0. The molecule has 0 unspecified atom stereocenters. The third kappa shape index (κ3) is 5.59. The Labute approximate surface area is 336 Å². The van der Waals surface area contributed by atoms with Crippen molar-refractivity contribution in [2.45, 2.75) is 0 Å². The fourth-order valence-electron chi connectivity index (χ4n) is 8.76. The van der Waals surface area contributed by atoms with Gasteiger partial charge in [-0.2, -0.15) is 5.26 Å². The molecule has 0 saturated heterocycles. The molecule has 2 aromatic heterocycles. The van der Waals surface area contributed by atoms with E-state index < -0.39 is 0 Å². The Bertz CT molecular complexity index is 3150. The molecule has 58 heavy (non-hydrogen) atoms. The van der Waals surface area contributed by atoms with Crippen LogP contribution in [-0.2, 0) is 0 Å². The van der Waals surface area contributed by atoms with Gasteiger partial charge in [0.2, 0.25) is 0 Å². The zero-order valence-corrected chi connectivity index (χ0v) is 31.5. The molecule has 0 bridgehead atoms. The highest BCUT2D eigenvalue weighted by atomic mass is 14.7. The predicted molar refractivity (Wildman–Crippen MR) is 242 cm³/mol. The molecule has 0 amide bonds. The maximum Gasteiger partial charge on any atom is 0.100 e. The van der Waals surface area contributed by atoms with Gasteiger partial charge in [0.25, 0.3) is 0 Å². The van der Waals surface area contributed by atoms with Crippen molar-refractivity contribution in [2.75, 3.05) is 0 Å². The van der Waals surface area contributed by atoms with Gasteiger partial charge in [0.05, 0.1) is 16.6 Å². The first-order chi connectivity index (χ1) is 28.7. The van der Waals surface area contributed by atoms with E-state index in [0.29, 0.717) is 5.56 Å². The molecule has 0 radical (unpaired) electrons. The van der Waals surface area contributed by atoms with Crippen LogP contribution in [0.2, 0.25) is 0 Å². The van der Waals surface area contributed by atoms with Gasteiger partial charge in [-0.25, -0.2) is 0 Å². The van der Waals surface area contributed by atoms with E-state index in [0.717, 1.165) is 99.2 Å². The van der Waals surface area contributed by atoms with Crippen LogP contribution in [0.5, 0.6) is 0 Å². The molecule has 0 aliphatic carbocycles. The van der Waals surface area contributed by atoms with Gasteiger partial charge in [0, 0.05) is 54.8 Å². The van der Waals surface area contributed by atoms with E-state index >= 15 is 0 Å². The fraction of sp³-hybridized carbons (Fsp3) is 0. The maximum absolute atomic E-state index is 11.3. The first-order valence-corrected chi connectivity index (χ1v) is 19.6.